The molecule has 2 N–H and O–H groups in total. The first-order chi connectivity index (χ1) is 9.70. The van der Waals surface area contributed by atoms with Gasteiger partial charge in [-0.2, -0.15) is 0 Å². The van der Waals surface area contributed by atoms with Crippen molar-refractivity contribution < 1.29 is 0 Å². The van der Waals surface area contributed by atoms with Crippen molar-refractivity contribution in [3.8, 4) is 0 Å². The fourth-order valence-electron chi connectivity index (χ4n) is 3.64. The molecule has 0 saturated carbocycles. The number of rotatable bonds is 10. The van der Waals surface area contributed by atoms with Crippen LogP contribution in [0.4, 0.5) is 0 Å². The molecule has 1 fully saturated rings. The maximum absolute atomic E-state index is 6.05. The fourth-order valence-corrected chi connectivity index (χ4v) is 3.64. The van der Waals surface area contributed by atoms with Crippen LogP contribution < -0.4 is 5.73 Å². The van der Waals surface area contributed by atoms with E-state index in [-0.39, 0.29) is 0 Å². The van der Waals surface area contributed by atoms with E-state index in [9.17, 15) is 0 Å². The third-order valence-corrected chi connectivity index (χ3v) is 5.30. The predicted molar refractivity (Wildman–Crippen MR) is 90.0 cm³/mol. The van der Waals surface area contributed by atoms with Crippen LogP contribution in [0.25, 0.3) is 0 Å². The molecule has 0 aromatic carbocycles. The normalized spacial score (nSPS) is 25.8. The summed E-state index contributed by atoms with van der Waals surface area (Å²) in [6.45, 7) is 9.19. The van der Waals surface area contributed by atoms with Gasteiger partial charge in [-0.1, -0.05) is 58.8 Å². The molecule has 2 nitrogen and oxygen atoms in total. The minimum absolute atomic E-state index is 0.628. The van der Waals surface area contributed by atoms with Crippen molar-refractivity contribution in [1.82, 2.24) is 4.90 Å². The molecule has 20 heavy (non-hydrogen) atoms. The number of nitrogens with zero attached hydrogens (tertiary/aromatic N) is 1. The van der Waals surface area contributed by atoms with Gasteiger partial charge in [0.1, 0.15) is 0 Å². The summed E-state index contributed by atoms with van der Waals surface area (Å²) in [7, 11) is 0. The van der Waals surface area contributed by atoms with Gasteiger partial charge in [-0.25, -0.2) is 0 Å². The molecule has 1 aliphatic rings. The summed E-state index contributed by atoms with van der Waals surface area (Å²) in [6.07, 6.45) is 13.9. The quantitative estimate of drug-likeness (QED) is 0.594. The summed E-state index contributed by atoms with van der Waals surface area (Å²) >= 11 is 0. The zero-order valence-electron chi connectivity index (χ0n) is 14.2. The number of piperidine rings is 1. The lowest BCUT2D eigenvalue weighted by atomic mass is 9.89. The molecule has 0 aliphatic carbocycles. The van der Waals surface area contributed by atoms with Gasteiger partial charge in [-0.05, 0) is 38.6 Å². The lowest BCUT2D eigenvalue weighted by molar-refractivity contribution is 0.0662. The van der Waals surface area contributed by atoms with Crippen molar-refractivity contribution in [3.05, 3.63) is 0 Å². The minimum atomic E-state index is 0.628. The largest absolute Gasteiger partial charge is 0.329 e. The number of nitrogens with two attached hydrogens (primary N) is 1. The highest BCUT2D eigenvalue weighted by Gasteiger charge is 2.29. The molecule has 3 unspecified atom stereocenters. The van der Waals surface area contributed by atoms with Crippen LogP contribution in [0.3, 0.4) is 0 Å². The Morgan fingerprint density at radius 3 is 2.35 bits per heavy atom. The highest BCUT2D eigenvalue weighted by atomic mass is 15.2. The van der Waals surface area contributed by atoms with Crippen molar-refractivity contribution in [3.63, 3.8) is 0 Å². The van der Waals surface area contributed by atoms with Gasteiger partial charge in [0.25, 0.3) is 0 Å². The lowest BCUT2D eigenvalue weighted by Gasteiger charge is -2.42. The molecule has 0 aromatic heterocycles. The van der Waals surface area contributed by atoms with E-state index in [1.807, 2.05) is 0 Å². The number of hydrogen-bond acceptors (Lipinski definition) is 2. The zero-order valence-corrected chi connectivity index (χ0v) is 14.2. The van der Waals surface area contributed by atoms with Gasteiger partial charge in [0, 0.05) is 18.6 Å². The summed E-state index contributed by atoms with van der Waals surface area (Å²) in [4.78, 5) is 2.70. The number of likely N-dealkylation sites (tertiary alicyclic amines) is 1. The van der Waals surface area contributed by atoms with Crippen LogP contribution in [0.5, 0.6) is 0 Å². The van der Waals surface area contributed by atoms with Gasteiger partial charge >= 0.3 is 0 Å². The molecular formula is C18H38N2. The first-order valence-electron chi connectivity index (χ1n) is 9.16. The van der Waals surface area contributed by atoms with Gasteiger partial charge in [0.2, 0.25) is 0 Å². The fraction of sp³-hybridized carbons (Fsp3) is 1.00. The van der Waals surface area contributed by atoms with E-state index in [2.05, 4.69) is 25.7 Å². The average molecular weight is 283 g/mol. The Morgan fingerprint density at radius 1 is 1.05 bits per heavy atom. The van der Waals surface area contributed by atoms with Crippen molar-refractivity contribution in [2.45, 2.75) is 97.1 Å². The molecule has 120 valence electrons. The first kappa shape index (κ1) is 18.0. The van der Waals surface area contributed by atoms with Gasteiger partial charge < -0.3 is 5.73 Å². The monoisotopic (exact) mass is 282 g/mol. The topological polar surface area (TPSA) is 29.3 Å². The molecular weight excluding hydrogens is 244 g/mol. The van der Waals surface area contributed by atoms with E-state index < -0.39 is 0 Å². The third kappa shape index (κ3) is 6.13. The summed E-state index contributed by atoms with van der Waals surface area (Å²) in [5, 5.41) is 0. The van der Waals surface area contributed by atoms with Crippen LogP contribution in [0.15, 0.2) is 0 Å². The van der Waals surface area contributed by atoms with E-state index >= 15 is 0 Å². The molecule has 0 aromatic rings. The Morgan fingerprint density at radius 2 is 1.70 bits per heavy atom. The van der Waals surface area contributed by atoms with E-state index in [0.717, 1.165) is 18.5 Å². The predicted octanol–water partition coefficient (Wildman–Crippen LogP) is 4.57. The summed E-state index contributed by atoms with van der Waals surface area (Å²) in [6, 6.07) is 1.35. The van der Waals surface area contributed by atoms with Crippen molar-refractivity contribution in [2.75, 3.05) is 13.1 Å². The molecule has 1 heterocycles. The van der Waals surface area contributed by atoms with Crippen LogP contribution >= 0.6 is 0 Å². The Bertz CT molecular complexity index is 229. The number of unbranched alkanes of at least 4 members (excludes halogenated alkanes) is 6. The van der Waals surface area contributed by atoms with Crippen LogP contribution in [0.2, 0.25) is 0 Å². The zero-order chi connectivity index (χ0) is 14.8. The Labute approximate surface area is 127 Å². The van der Waals surface area contributed by atoms with Crippen molar-refractivity contribution in [2.24, 2.45) is 11.7 Å². The molecule has 0 radical (unpaired) electrons. The SMILES string of the molecule is CCCCCCCCCC(CN)N1CCCC(C)C1C. The van der Waals surface area contributed by atoms with Crippen LogP contribution in [0.1, 0.15) is 85.0 Å². The molecule has 0 amide bonds. The van der Waals surface area contributed by atoms with E-state index in [0.29, 0.717) is 6.04 Å². The second-order valence-electron chi connectivity index (χ2n) is 6.90. The molecule has 3 atom stereocenters. The van der Waals surface area contributed by atoms with Gasteiger partial charge in [-0.3, -0.25) is 4.90 Å². The molecule has 0 spiro atoms. The van der Waals surface area contributed by atoms with Crippen molar-refractivity contribution >= 4 is 0 Å². The standard InChI is InChI=1S/C18H38N2/c1-4-5-6-7-8-9-10-13-18(15-19)20-14-11-12-16(2)17(20)3/h16-18H,4-15,19H2,1-3H3. The molecule has 1 saturated heterocycles. The summed E-state index contributed by atoms with van der Waals surface area (Å²) in [5.41, 5.74) is 6.05. The summed E-state index contributed by atoms with van der Waals surface area (Å²) in [5.74, 6) is 0.840. The minimum Gasteiger partial charge on any atom is -0.329 e. The maximum Gasteiger partial charge on any atom is 0.0221 e. The molecule has 1 rings (SSSR count). The van der Waals surface area contributed by atoms with Gasteiger partial charge in [0.05, 0.1) is 0 Å². The smallest absolute Gasteiger partial charge is 0.0221 e. The maximum atomic E-state index is 6.05. The van der Waals surface area contributed by atoms with E-state index in [1.54, 1.807) is 0 Å². The first-order valence-corrected chi connectivity index (χ1v) is 9.16. The van der Waals surface area contributed by atoms with Gasteiger partial charge in [0.15, 0.2) is 0 Å². The van der Waals surface area contributed by atoms with Crippen LogP contribution in [0, 0.1) is 5.92 Å². The average Bonchev–Trinajstić information content (AvgIpc) is 2.46. The van der Waals surface area contributed by atoms with Crippen LogP contribution in [-0.2, 0) is 0 Å². The summed E-state index contributed by atoms with van der Waals surface area (Å²) < 4.78 is 0. The second-order valence-corrected chi connectivity index (χ2v) is 6.90. The molecule has 1 aliphatic heterocycles. The van der Waals surface area contributed by atoms with Crippen molar-refractivity contribution in [1.29, 1.82) is 0 Å². The molecule has 0 bridgehead atoms. The van der Waals surface area contributed by atoms with E-state index in [1.165, 1.54) is 70.8 Å². The molecule has 2 heteroatoms. The Balaban J connectivity index is 2.18. The van der Waals surface area contributed by atoms with Crippen LogP contribution in [-0.4, -0.2) is 30.1 Å². The number of hydrogen-bond donors (Lipinski definition) is 1. The van der Waals surface area contributed by atoms with E-state index in [4.69, 9.17) is 5.73 Å². The van der Waals surface area contributed by atoms with Gasteiger partial charge in [-0.15, -0.1) is 0 Å². The Kier molecular flexibility index (Phi) is 9.54. The Hall–Kier alpha value is -0.0800. The highest BCUT2D eigenvalue weighted by molar-refractivity contribution is 4.84. The lowest BCUT2D eigenvalue weighted by Crippen LogP contribution is -2.51. The second kappa shape index (κ2) is 10.6. The third-order valence-electron chi connectivity index (χ3n) is 5.30. The highest BCUT2D eigenvalue weighted by Crippen LogP contribution is 2.26.